The Morgan fingerprint density at radius 2 is 2.11 bits per heavy atom. The van der Waals surface area contributed by atoms with E-state index in [1.165, 1.54) is 24.9 Å². The van der Waals surface area contributed by atoms with Crippen LogP contribution in [0.15, 0.2) is 30.3 Å². The zero-order valence-corrected chi connectivity index (χ0v) is 11.1. The second kappa shape index (κ2) is 7.52. The number of nitrogens with zero attached hydrogens (tertiary/aromatic N) is 1. The van der Waals surface area contributed by atoms with Gasteiger partial charge in [-0.2, -0.15) is 0 Å². The Kier molecular flexibility index (Phi) is 5.65. The van der Waals surface area contributed by atoms with E-state index in [1.807, 2.05) is 0 Å². The Bertz CT molecular complexity index is 329. The van der Waals surface area contributed by atoms with Crippen molar-refractivity contribution in [3.63, 3.8) is 0 Å². The van der Waals surface area contributed by atoms with Gasteiger partial charge in [-0.25, -0.2) is 0 Å². The summed E-state index contributed by atoms with van der Waals surface area (Å²) in [5, 5.41) is 0. The van der Waals surface area contributed by atoms with Crippen molar-refractivity contribution in [3.05, 3.63) is 35.9 Å². The monoisotopic (exact) mass is 248 g/mol. The van der Waals surface area contributed by atoms with Crippen LogP contribution in [-0.2, 0) is 11.3 Å². The summed E-state index contributed by atoms with van der Waals surface area (Å²) in [6.45, 7) is 5.61. The number of ether oxygens (including phenoxy) is 1. The van der Waals surface area contributed by atoms with E-state index in [1.54, 1.807) is 0 Å². The molecule has 0 saturated carbocycles. The molecular formula is C15H24N2O. The minimum atomic E-state index is 0.625. The third kappa shape index (κ3) is 4.41. The van der Waals surface area contributed by atoms with Crippen LogP contribution in [0.3, 0.4) is 0 Å². The Morgan fingerprint density at radius 3 is 2.89 bits per heavy atom. The molecule has 100 valence electrons. The fraction of sp³-hybridized carbons (Fsp3) is 0.600. The maximum atomic E-state index is 5.57. The number of hydrogen-bond donors (Lipinski definition) is 1. The van der Waals surface area contributed by atoms with E-state index < -0.39 is 0 Å². The van der Waals surface area contributed by atoms with Gasteiger partial charge in [0.25, 0.3) is 0 Å². The minimum Gasteiger partial charge on any atom is -0.380 e. The van der Waals surface area contributed by atoms with Crippen LogP contribution >= 0.6 is 0 Å². The number of nitrogens with two attached hydrogens (primary N) is 1. The lowest BCUT2D eigenvalue weighted by atomic mass is 9.98. The first kappa shape index (κ1) is 13.5. The molecule has 2 N–H and O–H groups in total. The van der Waals surface area contributed by atoms with Crippen molar-refractivity contribution >= 4 is 0 Å². The molecule has 3 nitrogen and oxygen atoms in total. The molecule has 0 amide bonds. The highest BCUT2D eigenvalue weighted by Crippen LogP contribution is 2.18. The largest absolute Gasteiger partial charge is 0.380 e. The molecule has 0 radical (unpaired) electrons. The highest BCUT2D eigenvalue weighted by Gasteiger charge is 2.19. The second-order valence-corrected chi connectivity index (χ2v) is 5.09. The first-order valence-corrected chi connectivity index (χ1v) is 6.92. The predicted molar refractivity (Wildman–Crippen MR) is 74.3 cm³/mol. The van der Waals surface area contributed by atoms with Crippen LogP contribution in [0, 0.1) is 5.92 Å². The second-order valence-electron chi connectivity index (χ2n) is 5.09. The van der Waals surface area contributed by atoms with Crippen LogP contribution in [0.1, 0.15) is 18.4 Å². The molecule has 2 rings (SSSR count). The molecule has 1 aromatic carbocycles. The highest BCUT2D eigenvalue weighted by atomic mass is 16.5. The standard InChI is InChI=1S/C15H24N2O/c16-8-10-18-13-15-7-4-9-17(12-15)11-14-5-2-1-3-6-14/h1-3,5-6,15H,4,7-13,16H2. The van der Waals surface area contributed by atoms with Crippen molar-refractivity contribution in [1.29, 1.82) is 0 Å². The SMILES string of the molecule is NCCOCC1CCCN(Cc2ccccc2)C1. The van der Waals surface area contributed by atoms with E-state index in [0.29, 0.717) is 19.1 Å². The predicted octanol–water partition coefficient (Wildman–Crippen LogP) is 1.87. The summed E-state index contributed by atoms with van der Waals surface area (Å²) in [6, 6.07) is 10.7. The van der Waals surface area contributed by atoms with E-state index in [2.05, 4.69) is 35.2 Å². The van der Waals surface area contributed by atoms with Crippen LogP contribution in [0.5, 0.6) is 0 Å². The molecule has 3 heteroatoms. The molecule has 18 heavy (non-hydrogen) atoms. The summed E-state index contributed by atoms with van der Waals surface area (Å²) >= 11 is 0. The summed E-state index contributed by atoms with van der Waals surface area (Å²) < 4.78 is 5.57. The molecule has 1 atom stereocenters. The van der Waals surface area contributed by atoms with Crippen LogP contribution in [0.25, 0.3) is 0 Å². The van der Waals surface area contributed by atoms with Gasteiger partial charge in [0.2, 0.25) is 0 Å². The Morgan fingerprint density at radius 1 is 1.28 bits per heavy atom. The van der Waals surface area contributed by atoms with Crippen molar-refractivity contribution in [2.24, 2.45) is 11.7 Å². The molecular weight excluding hydrogens is 224 g/mol. The van der Waals surface area contributed by atoms with E-state index in [9.17, 15) is 0 Å². The number of likely N-dealkylation sites (tertiary alicyclic amines) is 1. The topological polar surface area (TPSA) is 38.5 Å². The van der Waals surface area contributed by atoms with Gasteiger partial charge in [-0.15, -0.1) is 0 Å². The van der Waals surface area contributed by atoms with Crippen LogP contribution in [-0.4, -0.2) is 37.7 Å². The maximum absolute atomic E-state index is 5.57. The Labute approximate surface area is 110 Å². The lowest BCUT2D eigenvalue weighted by Crippen LogP contribution is -2.36. The summed E-state index contributed by atoms with van der Waals surface area (Å²) in [5.41, 5.74) is 6.84. The molecule has 1 aliphatic heterocycles. The lowest BCUT2D eigenvalue weighted by Gasteiger charge is -2.32. The number of hydrogen-bond acceptors (Lipinski definition) is 3. The van der Waals surface area contributed by atoms with Gasteiger partial charge in [0.05, 0.1) is 13.2 Å². The highest BCUT2D eigenvalue weighted by molar-refractivity contribution is 5.14. The third-order valence-corrected chi connectivity index (χ3v) is 3.47. The molecule has 1 saturated heterocycles. The van der Waals surface area contributed by atoms with Gasteiger partial charge in [0, 0.05) is 19.6 Å². The molecule has 0 aromatic heterocycles. The number of benzene rings is 1. The van der Waals surface area contributed by atoms with Gasteiger partial charge in [-0.3, -0.25) is 4.90 Å². The molecule has 0 spiro atoms. The third-order valence-electron chi connectivity index (χ3n) is 3.47. The quantitative estimate of drug-likeness (QED) is 0.781. The van der Waals surface area contributed by atoms with Gasteiger partial charge in [0.15, 0.2) is 0 Å². The van der Waals surface area contributed by atoms with E-state index >= 15 is 0 Å². The van der Waals surface area contributed by atoms with Crippen molar-refractivity contribution < 1.29 is 4.74 Å². The zero-order chi connectivity index (χ0) is 12.6. The minimum absolute atomic E-state index is 0.625. The van der Waals surface area contributed by atoms with E-state index in [-0.39, 0.29) is 0 Å². The lowest BCUT2D eigenvalue weighted by molar-refractivity contribution is 0.0620. The van der Waals surface area contributed by atoms with Gasteiger partial charge in [0.1, 0.15) is 0 Å². The first-order chi connectivity index (χ1) is 8.88. The molecule has 1 fully saturated rings. The Hall–Kier alpha value is -0.900. The first-order valence-electron chi connectivity index (χ1n) is 6.92. The van der Waals surface area contributed by atoms with Gasteiger partial charge in [-0.05, 0) is 30.9 Å². The van der Waals surface area contributed by atoms with Gasteiger partial charge in [-0.1, -0.05) is 30.3 Å². The summed E-state index contributed by atoms with van der Waals surface area (Å²) in [6.07, 6.45) is 2.57. The average Bonchev–Trinajstić information content (AvgIpc) is 2.41. The smallest absolute Gasteiger partial charge is 0.0588 e. The van der Waals surface area contributed by atoms with E-state index in [4.69, 9.17) is 10.5 Å². The zero-order valence-electron chi connectivity index (χ0n) is 11.1. The van der Waals surface area contributed by atoms with Crippen LogP contribution < -0.4 is 5.73 Å². The number of piperidine rings is 1. The van der Waals surface area contributed by atoms with Gasteiger partial charge < -0.3 is 10.5 Å². The normalized spacial score (nSPS) is 21.1. The molecule has 1 aromatic rings. The fourth-order valence-electron chi connectivity index (χ4n) is 2.61. The van der Waals surface area contributed by atoms with Gasteiger partial charge >= 0.3 is 0 Å². The molecule has 1 heterocycles. The van der Waals surface area contributed by atoms with Crippen molar-refractivity contribution in [2.45, 2.75) is 19.4 Å². The molecule has 0 aliphatic carbocycles. The van der Waals surface area contributed by atoms with Crippen LogP contribution in [0.4, 0.5) is 0 Å². The van der Waals surface area contributed by atoms with E-state index in [0.717, 1.165) is 19.7 Å². The van der Waals surface area contributed by atoms with Crippen molar-refractivity contribution in [2.75, 3.05) is 32.8 Å². The Balaban J connectivity index is 1.76. The maximum Gasteiger partial charge on any atom is 0.0588 e. The van der Waals surface area contributed by atoms with Crippen LogP contribution in [0.2, 0.25) is 0 Å². The summed E-state index contributed by atoms with van der Waals surface area (Å²) in [5.74, 6) is 0.675. The molecule has 0 bridgehead atoms. The molecule has 1 aliphatic rings. The van der Waals surface area contributed by atoms with Crippen molar-refractivity contribution in [1.82, 2.24) is 4.90 Å². The average molecular weight is 248 g/mol. The molecule has 1 unspecified atom stereocenters. The fourth-order valence-corrected chi connectivity index (χ4v) is 2.61. The number of rotatable bonds is 6. The summed E-state index contributed by atoms with van der Waals surface area (Å²) in [7, 11) is 0. The summed E-state index contributed by atoms with van der Waals surface area (Å²) in [4.78, 5) is 2.54. The van der Waals surface area contributed by atoms with Crippen molar-refractivity contribution in [3.8, 4) is 0 Å².